The van der Waals surface area contributed by atoms with E-state index in [4.69, 9.17) is 16.6 Å². The number of hydrogen-bond acceptors (Lipinski definition) is 4. The lowest BCUT2D eigenvalue weighted by molar-refractivity contribution is 0.379. The number of nitrogens with zero attached hydrogens (tertiary/aromatic N) is 3. The van der Waals surface area contributed by atoms with Gasteiger partial charge in [0.2, 0.25) is 0 Å². The van der Waals surface area contributed by atoms with Gasteiger partial charge in [0, 0.05) is 48.1 Å². The summed E-state index contributed by atoms with van der Waals surface area (Å²) in [5, 5.41) is 4.48. The van der Waals surface area contributed by atoms with Crippen LogP contribution in [-0.4, -0.2) is 37.0 Å². The number of para-hydroxylation sites is 1. The van der Waals surface area contributed by atoms with Crippen LogP contribution in [0.2, 0.25) is 5.02 Å². The van der Waals surface area contributed by atoms with Gasteiger partial charge in [0.25, 0.3) is 0 Å². The van der Waals surface area contributed by atoms with Crippen LogP contribution in [0.5, 0.6) is 0 Å². The first-order valence-corrected chi connectivity index (χ1v) is 9.88. The zero-order chi connectivity index (χ0) is 17.5. The maximum absolute atomic E-state index is 6.43. The summed E-state index contributed by atoms with van der Waals surface area (Å²) in [4.78, 5) is 9.92. The molecule has 1 N–H and O–H groups in total. The van der Waals surface area contributed by atoms with Crippen LogP contribution in [-0.2, 0) is 6.42 Å². The fourth-order valence-corrected chi connectivity index (χ4v) is 4.66. The third-order valence-electron chi connectivity index (χ3n) is 5.76. The molecule has 1 saturated heterocycles. The highest BCUT2D eigenvalue weighted by atomic mass is 35.5. The van der Waals surface area contributed by atoms with Crippen molar-refractivity contribution < 1.29 is 0 Å². The highest BCUT2D eigenvalue weighted by molar-refractivity contribution is 6.31. The van der Waals surface area contributed by atoms with Crippen LogP contribution in [0.1, 0.15) is 30.0 Å². The Morgan fingerprint density at radius 2 is 1.70 bits per heavy atom. The summed E-state index contributed by atoms with van der Waals surface area (Å²) in [6.07, 6.45) is 3.36. The van der Waals surface area contributed by atoms with Crippen molar-refractivity contribution in [3.8, 4) is 0 Å². The SMILES string of the molecule is Cl.Clc1ccc2c3c1CCCC3N=C(N1CCN(c3ccccc3)CC1)N2. The third-order valence-corrected chi connectivity index (χ3v) is 6.12. The lowest BCUT2D eigenvalue weighted by atomic mass is 9.86. The molecular weight excluding hydrogens is 379 g/mol. The quantitative estimate of drug-likeness (QED) is 0.746. The maximum Gasteiger partial charge on any atom is 0.199 e. The fraction of sp³-hybridized carbons (Fsp3) is 0.381. The molecule has 1 aliphatic carbocycles. The number of piperazine rings is 1. The molecule has 142 valence electrons. The van der Waals surface area contributed by atoms with Crippen molar-refractivity contribution in [3.63, 3.8) is 0 Å². The summed E-state index contributed by atoms with van der Waals surface area (Å²) in [6.45, 7) is 4.02. The second-order valence-corrected chi connectivity index (χ2v) is 7.69. The van der Waals surface area contributed by atoms with Crippen molar-refractivity contribution in [3.05, 3.63) is 58.6 Å². The van der Waals surface area contributed by atoms with Crippen molar-refractivity contribution in [2.24, 2.45) is 4.99 Å². The Hall–Kier alpha value is -1.91. The molecule has 2 aromatic rings. The summed E-state index contributed by atoms with van der Waals surface area (Å²) >= 11 is 6.43. The number of rotatable bonds is 1. The van der Waals surface area contributed by atoms with Crippen LogP contribution in [0.15, 0.2) is 47.5 Å². The molecule has 0 aromatic heterocycles. The van der Waals surface area contributed by atoms with Crippen molar-refractivity contribution in [2.75, 3.05) is 36.4 Å². The molecule has 2 aliphatic heterocycles. The monoisotopic (exact) mass is 402 g/mol. The van der Waals surface area contributed by atoms with Crippen molar-refractivity contribution in [1.82, 2.24) is 4.90 Å². The summed E-state index contributed by atoms with van der Waals surface area (Å²) in [7, 11) is 0. The van der Waals surface area contributed by atoms with E-state index in [1.165, 1.54) is 28.9 Å². The van der Waals surface area contributed by atoms with Gasteiger partial charge < -0.3 is 15.1 Å². The number of aliphatic imine (C=N–C) groups is 1. The molecule has 27 heavy (non-hydrogen) atoms. The van der Waals surface area contributed by atoms with E-state index in [9.17, 15) is 0 Å². The Labute approximate surface area is 171 Å². The van der Waals surface area contributed by atoms with E-state index in [-0.39, 0.29) is 18.4 Å². The van der Waals surface area contributed by atoms with E-state index in [1.54, 1.807) is 0 Å². The average Bonchev–Trinajstić information content (AvgIpc) is 2.71. The minimum absolute atomic E-state index is 0. The molecule has 6 heteroatoms. The molecule has 2 aromatic carbocycles. The van der Waals surface area contributed by atoms with E-state index < -0.39 is 0 Å². The van der Waals surface area contributed by atoms with E-state index in [0.29, 0.717) is 0 Å². The van der Waals surface area contributed by atoms with Gasteiger partial charge in [-0.2, -0.15) is 0 Å². The van der Waals surface area contributed by atoms with Crippen molar-refractivity contribution >= 4 is 41.3 Å². The van der Waals surface area contributed by atoms with Gasteiger partial charge in [-0.3, -0.25) is 0 Å². The number of nitrogens with one attached hydrogen (secondary N) is 1. The van der Waals surface area contributed by atoms with Crippen LogP contribution >= 0.6 is 24.0 Å². The molecule has 1 fully saturated rings. The lowest BCUT2D eigenvalue weighted by Crippen LogP contribution is -2.51. The second-order valence-electron chi connectivity index (χ2n) is 7.28. The second kappa shape index (κ2) is 7.61. The molecule has 1 atom stereocenters. The van der Waals surface area contributed by atoms with Gasteiger partial charge in [-0.1, -0.05) is 29.8 Å². The van der Waals surface area contributed by atoms with Crippen molar-refractivity contribution in [1.29, 1.82) is 0 Å². The number of guanidine groups is 1. The first kappa shape index (κ1) is 18.5. The molecule has 0 spiro atoms. The molecule has 0 bridgehead atoms. The Kier molecular flexibility index (Phi) is 5.20. The molecule has 1 unspecified atom stereocenters. The summed E-state index contributed by atoms with van der Waals surface area (Å²) in [5.74, 6) is 1.03. The molecule has 0 amide bonds. The van der Waals surface area contributed by atoms with E-state index in [2.05, 4.69) is 51.5 Å². The molecule has 2 heterocycles. The van der Waals surface area contributed by atoms with Crippen LogP contribution < -0.4 is 10.2 Å². The standard InChI is InChI=1S/C21H23ClN4.ClH/c22-17-9-10-19-20-16(17)7-4-8-18(20)23-21(24-19)26-13-11-25(12-14-26)15-5-2-1-3-6-15;/h1-3,5-6,9-10,18H,4,7-8,11-14H2,(H,23,24);1H. The number of halogens is 2. The zero-order valence-electron chi connectivity index (χ0n) is 15.2. The van der Waals surface area contributed by atoms with Gasteiger partial charge >= 0.3 is 0 Å². The maximum atomic E-state index is 6.43. The predicted molar refractivity (Wildman–Crippen MR) is 116 cm³/mol. The molecule has 3 aliphatic rings. The summed E-state index contributed by atoms with van der Waals surface area (Å²) in [6, 6.07) is 15.1. The number of benzene rings is 2. The first-order chi connectivity index (χ1) is 12.8. The largest absolute Gasteiger partial charge is 0.368 e. The van der Waals surface area contributed by atoms with Crippen LogP contribution in [0.4, 0.5) is 11.4 Å². The number of hydrogen-bond donors (Lipinski definition) is 1. The normalized spacial score (nSPS) is 20.9. The highest BCUT2D eigenvalue weighted by Crippen LogP contribution is 2.43. The smallest absolute Gasteiger partial charge is 0.199 e. The minimum atomic E-state index is 0. The minimum Gasteiger partial charge on any atom is -0.368 e. The van der Waals surface area contributed by atoms with Crippen LogP contribution in [0.25, 0.3) is 0 Å². The van der Waals surface area contributed by atoms with Gasteiger partial charge in [-0.05, 0) is 49.1 Å². The van der Waals surface area contributed by atoms with Gasteiger partial charge in [0.05, 0.1) is 6.04 Å². The van der Waals surface area contributed by atoms with Gasteiger partial charge in [0.15, 0.2) is 5.96 Å². The van der Waals surface area contributed by atoms with Crippen molar-refractivity contribution in [2.45, 2.75) is 25.3 Å². The fourth-order valence-electron chi connectivity index (χ4n) is 4.40. The Morgan fingerprint density at radius 3 is 2.48 bits per heavy atom. The molecule has 4 nitrogen and oxygen atoms in total. The number of anilines is 2. The van der Waals surface area contributed by atoms with Crippen LogP contribution in [0.3, 0.4) is 0 Å². The highest BCUT2D eigenvalue weighted by Gasteiger charge is 2.31. The van der Waals surface area contributed by atoms with Gasteiger partial charge in [0.1, 0.15) is 0 Å². The Bertz CT molecular complexity index is 845. The van der Waals surface area contributed by atoms with Crippen LogP contribution in [0, 0.1) is 0 Å². The van der Waals surface area contributed by atoms with E-state index in [0.717, 1.165) is 50.0 Å². The van der Waals surface area contributed by atoms with Gasteiger partial charge in [-0.25, -0.2) is 4.99 Å². The molecule has 0 radical (unpaired) electrons. The lowest BCUT2D eigenvalue weighted by Gasteiger charge is -2.40. The average molecular weight is 403 g/mol. The summed E-state index contributed by atoms with van der Waals surface area (Å²) < 4.78 is 0. The predicted octanol–water partition coefficient (Wildman–Crippen LogP) is 4.74. The van der Waals surface area contributed by atoms with E-state index in [1.807, 2.05) is 6.07 Å². The van der Waals surface area contributed by atoms with Gasteiger partial charge in [-0.15, -0.1) is 12.4 Å². The molecular formula is C21H24Cl2N4. The zero-order valence-corrected chi connectivity index (χ0v) is 16.8. The molecule has 0 saturated carbocycles. The topological polar surface area (TPSA) is 30.9 Å². The Morgan fingerprint density at radius 1 is 0.963 bits per heavy atom. The third kappa shape index (κ3) is 3.37. The first-order valence-electron chi connectivity index (χ1n) is 9.50. The molecule has 5 rings (SSSR count). The van der Waals surface area contributed by atoms with E-state index >= 15 is 0 Å². The summed E-state index contributed by atoms with van der Waals surface area (Å²) in [5.41, 5.74) is 5.13. The Balaban J connectivity index is 0.00000180.